The molecule has 1 aliphatic heterocycles. The molecule has 6 heteroatoms. The van der Waals surface area contributed by atoms with Gasteiger partial charge in [-0.05, 0) is 76.5 Å². The normalized spacial score (nSPS) is 18.2. The van der Waals surface area contributed by atoms with Gasteiger partial charge in [0.15, 0.2) is 0 Å². The van der Waals surface area contributed by atoms with Crippen LogP contribution in [0.15, 0.2) is 29.2 Å². The molecule has 1 N–H and O–H groups in total. The number of nitrogens with zero attached hydrogens (tertiary/aromatic N) is 1. The summed E-state index contributed by atoms with van der Waals surface area (Å²) in [5.74, 6) is 0.448. The van der Waals surface area contributed by atoms with E-state index in [0.29, 0.717) is 19.0 Å². The van der Waals surface area contributed by atoms with Crippen LogP contribution >= 0.6 is 0 Å². The Balaban J connectivity index is 1.70. The molecule has 0 aromatic heterocycles. The Hall–Kier alpha value is -1.40. The first-order valence-electron chi connectivity index (χ1n) is 9.72. The second-order valence-corrected chi connectivity index (χ2v) is 9.82. The van der Waals surface area contributed by atoms with Gasteiger partial charge in [0.1, 0.15) is 5.60 Å². The Morgan fingerprint density at radius 1 is 1.26 bits per heavy atom. The number of benzene rings is 1. The number of rotatable bonds is 6. The van der Waals surface area contributed by atoms with E-state index in [0.717, 1.165) is 42.6 Å². The van der Waals surface area contributed by atoms with Crippen molar-refractivity contribution in [2.45, 2.75) is 69.5 Å². The van der Waals surface area contributed by atoms with Crippen LogP contribution in [0.2, 0.25) is 0 Å². The van der Waals surface area contributed by atoms with E-state index in [-0.39, 0.29) is 12.2 Å². The lowest BCUT2D eigenvalue weighted by Gasteiger charge is -2.34. The number of aliphatic hydroxyl groups excluding tert-OH is 1. The largest absolute Gasteiger partial charge is 0.444 e. The molecule has 2 atom stereocenters. The molecule has 5 nitrogen and oxygen atoms in total. The van der Waals surface area contributed by atoms with Gasteiger partial charge >= 0.3 is 6.09 Å². The lowest BCUT2D eigenvalue weighted by molar-refractivity contribution is 0.0160. The monoisotopic (exact) mass is 395 g/mol. The molecule has 1 fully saturated rings. The minimum absolute atomic E-state index is 0.238. The van der Waals surface area contributed by atoms with Gasteiger partial charge in [-0.15, -0.1) is 0 Å². The Morgan fingerprint density at radius 3 is 2.37 bits per heavy atom. The summed E-state index contributed by atoms with van der Waals surface area (Å²) in [4.78, 5) is 14.7. The summed E-state index contributed by atoms with van der Waals surface area (Å²) in [6, 6.07) is 7.76. The molecule has 0 saturated carbocycles. The summed E-state index contributed by atoms with van der Waals surface area (Å²) in [5.41, 5.74) is 0.692. The molecule has 1 saturated heterocycles. The van der Waals surface area contributed by atoms with E-state index in [9.17, 15) is 14.1 Å². The van der Waals surface area contributed by atoms with Crippen molar-refractivity contribution in [2.75, 3.05) is 19.3 Å². The number of hydrogen-bond donors (Lipinski definition) is 1. The first-order chi connectivity index (χ1) is 12.6. The summed E-state index contributed by atoms with van der Waals surface area (Å²) >= 11 is 0. The highest BCUT2D eigenvalue weighted by molar-refractivity contribution is 7.84. The highest BCUT2D eigenvalue weighted by Gasteiger charge is 2.27. The molecule has 27 heavy (non-hydrogen) atoms. The maximum atomic E-state index is 12.1. The topological polar surface area (TPSA) is 66.8 Å². The van der Waals surface area contributed by atoms with Crippen LogP contribution in [0.25, 0.3) is 0 Å². The highest BCUT2D eigenvalue weighted by atomic mass is 32.2. The number of carbonyl (C=O) groups excluding carboxylic acids is 1. The van der Waals surface area contributed by atoms with E-state index < -0.39 is 16.4 Å². The summed E-state index contributed by atoms with van der Waals surface area (Å²) in [7, 11) is -0.954. The molecule has 0 spiro atoms. The van der Waals surface area contributed by atoms with Gasteiger partial charge in [-0.1, -0.05) is 12.1 Å². The Morgan fingerprint density at radius 2 is 1.85 bits per heavy atom. The fraction of sp³-hybridized carbons (Fsp3) is 0.667. The summed E-state index contributed by atoms with van der Waals surface area (Å²) in [6.45, 7) is 7.03. The third kappa shape index (κ3) is 7.62. The van der Waals surface area contributed by atoms with Crippen molar-refractivity contribution in [1.82, 2.24) is 4.90 Å². The smallest absolute Gasteiger partial charge is 0.410 e. The van der Waals surface area contributed by atoms with Gasteiger partial charge < -0.3 is 14.7 Å². The van der Waals surface area contributed by atoms with Crippen molar-refractivity contribution < 1.29 is 18.8 Å². The number of aryl methyl sites for hydroxylation is 1. The predicted octanol–water partition coefficient (Wildman–Crippen LogP) is 3.75. The second-order valence-electron chi connectivity index (χ2n) is 8.44. The third-order valence-corrected chi connectivity index (χ3v) is 5.83. The number of amides is 1. The first-order valence-corrected chi connectivity index (χ1v) is 11.3. The second kappa shape index (κ2) is 9.69. The maximum Gasteiger partial charge on any atom is 0.410 e. The summed E-state index contributed by atoms with van der Waals surface area (Å²) in [6.07, 6.45) is 5.24. The van der Waals surface area contributed by atoms with Gasteiger partial charge in [0.25, 0.3) is 0 Å². The minimum atomic E-state index is -0.954. The lowest BCUT2D eigenvalue weighted by atomic mass is 9.89. The maximum absolute atomic E-state index is 12.1. The van der Waals surface area contributed by atoms with Crippen LogP contribution in [0.1, 0.15) is 52.0 Å². The van der Waals surface area contributed by atoms with Crippen LogP contribution in [0.5, 0.6) is 0 Å². The standard InChI is InChI=1S/C21H33NO4S/c1-21(2,3)26-20(24)22-13-11-17(12-14-22)15-18(23)8-5-16-6-9-19(10-7-16)27(4)25/h6-7,9-10,17-18,23H,5,8,11-15H2,1-4H3. The van der Waals surface area contributed by atoms with Gasteiger partial charge in [-0.2, -0.15) is 0 Å². The van der Waals surface area contributed by atoms with Gasteiger partial charge in [-0.3, -0.25) is 4.21 Å². The molecule has 1 heterocycles. The number of carbonyl (C=O) groups is 1. The van der Waals surface area contributed by atoms with Gasteiger partial charge in [-0.25, -0.2) is 4.79 Å². The SMILES string of the molecule is CS(=O)c1ccc(CCC(O)CC2CCN(C(=O)OC(C)(C)C)CC2)cc1. The van der Waals surface area contributed by atoms with Gasteiger partial charge in [0, 0.05) is 35.0 Å². The number of piperidine rings is 1. The zero-order valence-corrected chi connectivity index (χ0v) is 17.8. The highest BCUT2D eigenvalue weighted by Crippen LogP contribution is 2.25. The Kier molecular flexibility index (Phi) is 7.86. The summed E-state index contributed by atoms with van der Waals surface area (Å²) < 4.78 is 16.8. The van der Waals surface area contributed by atoms with Crippen molar-refractivity contribution in [2.24, 2.45) is 5.92 Å². The molecule has 2 unspecified atom stereocenters. The van der Waals surface area contributed by atoms with Crippen molar-refractivity contribution >= 4 is 16.9 Å². The number of likely N-dealkylation sites (tertiary alicyclic amines) is 1. The number of aliphatic hydroxyl groups is 1. The van der Waals surface area contributed by atoms with Crippen molar-refractivity contribution in [1.29, 1.82) is 0 Å². The van der Waals surface area contributed by atoms with Crippen LogP contribution in [-0.4, -0.2) is 51.4 Å². The Bertz CT molecular complexity index is 631. The van der Waals surface area contributed by atoms with Crippen LogP contribution in [0.4, 0.5) is 4.79 Å². The lowest BCUT2D eigenvalue weighted by Crippen LogP contribution is -2.42. The molecule has 0 radical (unpaired) electrons. The van der Waals surface area contributed by atoms with E-state index in [1.165, 1.54) is 0 Å². The van der Waals surface area contributed by atoms with E-state index in [1.807, 2.05) is 45.0 Å². The molecule has 1 aromatic carbocycles. The van der Waals surface area contributed by atoms with E-state index in [1.54, 1.807) is 11.2 Å². The fourth-order valence-corrected chi connectivity index (χ4v) is 3.88. The van der Waals surface area contributed by atoms with Crippen molar-refractivity contribution in [3.8, 4) is 0 Å². The van der Waals surface area contributed by atoms with Crippen LogP contribution in [0, 0.1) is 5.92 Å². The average molecular weight is 396 g/mol. The molecule has 1 aliphatic rings. The molecule has 0 bridgehead atoms. The average Bonchev–Trinajstić information content (AvgIpc) is 2.59. The van der Waals surface area contributed by atoms with E-state index in [2.05, 4.69) is 0 Å². The van der Waals surface area contributed by atoms with Crippen molar-refractivity contribution in [3.63, 3.8) is 0 Å². The third-order valence-electron chi connectivity index (χ3n) is 4.89. The van der Waals surface area contributed by atoms with Crippen LogP contribution in [-0.2, 0) is 22.0 Å². The molecular weight excluding hydrogens is 362 g/mol. The van der Waals surface area contributed by atoms with E-state index in [4.69, 9.17) is 4.74 Å². The van der Waals surface area contributed by atoms with Gasteiger partial charge in [0.2, 0.25) is 0 Å². The summed E-state index contributed by atoms with van der Waals surface area (Å²) in [5, 5.41) is 10.4. The first kappa shape index (κ1) is 21.9. The zero-order valence-electron chi connectivity index (χ0n) is 16.9. The van der Waals surface area contributed by atoms with Crippen LogP contribution in [0.3, 0.4) is 0 Å². The molecule has 152 valence electrons. The molecule has 0 aliphatic carbocycles. The van der Waals surface area contributed by atoms with Crippen LogP contribution < -0.4 is 0 Å². The van der Waals surface area contributed by atoms with Gasteiger partial charge in [0.05, 0.1) is 6.10 Å². The fourth-order valence-electron chi connectivity index (χ4n) is 3.36. The molecule has 1 amide bonds. The molecular formula is C21H33NO4S. The molecule has 2 rings (SSSR count). The zero-order chi connectivity index (χ0) is 20.0. The number of ether oxygens (including phenoxy) is 1. The quantitative estimate of drug-likeness (QED) is 0.796. The minimum Gasteiger partial charge on any atom is -0.444 e. The van der Waals surface area contributed by atoms with Crippen molar-refractivity contribution in [3.05, 3.63) is 29.8 Å². The Labute approximate surface area is 165 Å². The molecule has 1 aromatic rings. The number of hydrogen-bond acceptors (Lipinski definition) is 4. The predicted molar refractivity (Wildman–Crippen MR) is 108 cm³/mol. The van der Waals surface area contributed by atoms with E-state index >= 15 is 0 Å².